The summed E-state index contributed by atoms with van der Waals surface area (Å²) in [4.78, 5) is 4.38. The molecule has 2 aromatic rings. The molecule has 1 aromatic heterocycles. The number of thiazole rings is 1. The Bertz CT molecular complexity index is 587. The van der Waals surface area contributed by atoms with Gasteiger partial charge in [-0.1, -0.05) is 0 Å². The Labute approximate surface area is 131 Å². The molecule has 4 nitrogen and oxygen atoms in total. The van der Waals surface area contributed by atoms with Crippen molar-refractivity contribution in [1.82, 2.24) is 4.98 Å². The molecule has 0 saturated carbocycles. The third kappa shape index (κ3) is 3.71. The summed E-state index contributed by atoms with van der Waals surface area (Å²) in [6.07, 6.45) is 0.806. The van der Waals surface area contributed by atoms with Crippen molar-refractivity contribution in [1.29, 1.82) is 0 Å². The molecule has 2 N–H and O–H groups in total. The summed E-state index contributed by atoms with van der Waals surface area (Å²) in [5, 5.41) is 2.96. The molecule has 0 spiro atoms. The minimum absolute atomic E-state index is 0.434. The van der Waals surface area contributed by atoms with E-state index < -0.39 is 0 Å². The molecular formula is C14H17BrN2O2S. The second-order valence-electron chi connectivity index (χ2n) is 4.32. The van der Waals surface area contributed by atoms with Gasteiger partial charge in [0.05, 0.1) is 11.6 Å². The minimum Gasteiger partial charge on any atom is -0.493 e. The number of aryl methyl sites for hydroxylation is 1. The molecule has 108 valence electrons. The number of rotatable bonds is 6. The number of methoxy groups -OCH3 is 1. The standard InChI is InChI=1S/C14H17BrN2O2S/c1-9-8-20-13(17-9)7-19-14-11(15)5-10(3-4-16)6-12(14)18-2/h5-6,8H,3-4,7,16H2,1-2H3. The lowest BCUT2D eigenvalue weighted by Gasteiger charge is -2.13. The van der Waals surface area contributed by atoms with Crippen molar-refractivity contribution < 1.29 is 9.47 Å². The van der Waals surface area contributed by atoms with E-state index in [9.17, 15) is 0 Å². The molecule has 2 rings (SSSR count). The summed E-state index contributed by atoms with van der Waals surface area (Å²) in [5.74, 6) is 1.40. The fourth-order valence-corrected chi connectivity index (χ4v) is 3.11. The van der Waals surface area contributed by atoms with Crippen molar-refractivity contribution in [2.75, 3.05) is 13.7 Å². The monoisotopic (exact) mass is 356 g/mol. The van der Waals surface area contributed by atoms with E-state index in [4.69, 9.17) is 15.2 Å². The van der Waals surface area contributed by atoms with E-state index >= 15 is 0 Å². The van der Waals surface area contributed by atoms with Gasteiger partial charge in [-0.15, -0.1) is 11.3 Å². The van der Waals surface area contributed by atoms with Gasteiger partial charge in [0.15, 0.2) is 11.5 Å². The van der Waals surface area contributed by atoms with Gasteiger partial charge in [0, 0.05) is 11.1 Å². The molecule has 0 atom stereocenters. The third-order valence-electron chi connectivity index (χ3n) is 2.73. The normalized spacial score (nSPS) is 10.6. The lowest BCUT2D eigenvalue weighted by molar-refractivity contribution is 0.282. The van der Waals surface area contributed by atoms with Crippen LogP contribution in [0, 0.1) is 6.92 Å². The quantitative estimate of drug-likeness (QED) is 0.862. The maximum Gasteiger partial charge on any atom is 0.175 e. The van der Waals surface area contributed by atoms with E-state index in [1.807, 2.05) is 24.4 Å². The molecule has 0 bridgehead atoms. The average molecular weight is 357 g/mol. The fraction of sp³-hybridized carbons (Fsp3) is 0.357. The maximum atomic E-state index is 5.84. The van der Waals surface area contributed by atoms with Gasteiger partial charge in [-0.05, 0) is 53.5 Å². The summed E-state index contributed by atoms with van der Waals surface area (Å²) in [7, 11) is 1.63. The number of hydrogen-bond acceptors (Lipinski definition) is 5. The van der Waals surface area contributed by atoms with Gasteiger partial charge in [-0.2, -0.15) is 0 Å². The first-order valence-corrected chi connectivity index (χ1v) is 7.91. The third-order valence-corrected chi connectivity index (χ3v) is 4.26. The Morgan fingerprint density at radius 1 is 1.40 bits per heavy atom. The number of halogens is 1. The SMILES string of the molecule is COc1cc(CCN)cc(Br)c1OCc1nc(C)cs1. The van der Waals surface area contributed by atoms with E-state index in [1.165, 1.54) is 0 Å². The van der Waals surface area contributed by atoms with Gasteiger partial charge in [0.1, 0.15) is 11.6 Å². The molecule has 0 radical (unpaired) electrons. The number of benzene rings is 1. The Morgan fingerprint density at radius 2 is 2.20 bits per heavy atom. The highest BCUT2D eigenvalue weighted by atomic mass is 79.9. The lowest BCUT2D eigenvalue weighted by atomic mass is 10.1. The van der Waals surface area contributed by atoms with Crippen molar-refractivity contribution in [3.05, 3.63) is 38.3 Å². The predicted octanol–water partition coefficient (Wildman–Crippen LogP) is 3.30. The van der Waals surface area contributed by atoms with E-state index in [-0.39, 0.29) is 0 Å². The van der Waals surface area contributed by atoms with Crippen molar-refractivity contribution in [2.45, 2.75) is 20.0 Å². The smallest absolute Gasteiger partial charge is 0.175 e. The van der Waals surface area contributed by atoms with Crippen LogP contribution >= 0.6 is 27.3 Å². The van der Waals surface area contributed by atoms with Crippen molar-refractivity contribution in [3.63, 3.8) is 0 Å². The van der Waals surface area contributed by atoms with Crippen molar-refractivity contribution >= 4 is 27.3 Å². The van der Waals surface area contributed by atoms with Gasteiger partial charge in [0.2, 0.25) is 0 Å². The van der Waals surface area contributed by atoms with Crippen LogP contribution in [0.5, 0.6) is 11.5 Å². The summed E-state index contributed by atoms with van der Waals surface area (Å²) in [6, 6.07) is 3.97. The zero-order valence-electron chi connectivity index (χ0n) is 11.5. The first-order chi connectivity index (χ1) is 9.63. The lowest BCUT2D eigenvalue weighted by Crippen LogP contribution is -2.04. The van der Waals surface area contributed by atoms with Gasteiger partial charge in [0.25, 0.3) is 0 Å². The van der Waals surface area contributed by atoms with Gasteiger partial charge in [-0.25, -0.2) is 4.98 Å². The second kappa shape index (κ2) is 7.06. The topological polar surface area (TPSA) is 57.4 Å². The molecule has 0 saturated heterocycles. The van der Waals surface area contributed by atoms with Crippen LogP contribution in [-0.2, 0) is 13.0 Å². The van der Waals surface area contributed by atoms with Crippen molar-refractivity contribution in [3.8, 4) is 11.5 Å². The first-order valence-electron chi connectivity index (χ1n) is 6.24. The minimum atomic E-state index is 0.434. The van der Waals surface area contributed by atoms with Crippen LogP contribution in [0.15, 0.2) is 22.0 Å². The highest BCUT2D eigenvalue weighted by Crippen LogP contribution is 2.37. The fourth-order valence-electron chi connectivity index (χ4n) is 1.83. The van der Waals surface area contributed by atoms with E-state index in [2.05, 4.69) is 20.9 Å². The van der Waals surface area contributed by atoms with Crippen LogP contribution in [0.25, 0.3) is 0 Å². The van der Waals surface area contributed by atoms with Crippen LogP contribution in [-0.4, -0.2) is 18.6 Å². The largest absolute Gasteiger partial charge is 0.493 e. The van der Waals surface area contributed by atoms with E-state index in [0.29, 0.717) is 24.7 Å². The molecule has 1 heterocycles. The molecule has 0 unspecified atom stereocenters. The Hall–Kier alpha value is -1.11. The highest BCUT2D eigenvalue weighted by molar-refractivity contribution is 9.10. The van der Waals surface area contributed by atoms with Crippen LogP contribution in [0.2, 0.25) is 0 Å². The van der Waals surface area contributed by atoms with E-state index in [0.717, 1.165) is 27.2 Å². The molecule has 20 heavy (non-hydrogen) atoms. The summed E-state index contributed by atoms with van der Waals surface area (Å²) in [5.41, 5.74) is 7.71. The highest BCUT2D eigenvalue weighted by Gasteiger charge is 2.12. The summed E-state index contributed by atoms with van der Waals surface area (Å²) < 4.78 is 12.1. The molecule has 0 amide bonds. The Morgan fingerprint density at radius 3 is 2.80 bits per heavy atom. The number of ether oxygens (including phenoxy) is 2. The van der Waals surface area contributed by atoms with Crippen LogP contribution in [0.3, 0.4) is 0 Å². The van der Waals surface area contributed by atoms with Gasteiger partial charge >= 0.3 is 0 Å². The van der Waals surface area contributed by atoms with Crippen molar-refractivity contribution in [2.24, 2.45) is 5.73 Å². The first kappa shape index (κ1) is 15.3. The number of aromatic nitrogens is 1. The summed E-state index contributed by atoms with van der Waals surface area (Å²) >= 11 is 5.12. The number of nitrogens with two attached hydrogens (primary N) is 1. The Balaban J connectivity index is 2.17. The van der Waals surface area contributed by atoms with Gasteiger partial charge < -0.3 is 15.2 Å². The summed E-state index contributed by atoms with van der Waals surface area (Å²) in [6.45, 7) is 3.01. The predicted molar refractivity (Wildman–Crippen MR) is 84.6 cm³/mol. The average Bonchev–Trinajstić information content (AvgIpc) is 2.83. The zero-order chi connectivity index (χ0) is 14.5. The van der Waals surface area contributed by atoms with Gasteiger partial charge in [-0.3, -0.25) is 0 Å². The number of nitrogens with zero attached hydrogens (tertiary/aromatic N) is 1. The molecule has 6 heteroatoms. The molecule has 0 aliphatic heterocycles. The molecule has 0 aliphatic carbocycles. The second-order valence-corrected chi connectivity index (χ2v) is 6.12. The number of hydrogen-bond donors (Lipinski definition) is 1. The van der Waals surface area contributed by atoms with Crippen LogP contribution in [0.4, 0.5) is 0 Å². The van der Waals surface area contributed by atoms with Crippen LogP contribution < -0.4 is 15.2 Å². The van der Waals surface area contributed by atoms with Crippen LogP contribution in [0.1, 0.15) is 16.3 Å². The molecule has 0 aliphatic rings. The maximum absolute atomic E-state index is 5.84. The molecule has 0 fully saturated rings. The molecular weight excluding hydrogens is 340 g/mol. The molecule has 1 aromatic carbocycles. The Kier molecular flexibility index (Phi) is 5.39. The zero-order valence-corrected chi connectivity index (χ0v) is 13.9. The van der Waals surface area contributed by atoms with E-state index in [1.54, 1.807) is 18.4 Å².